The Hall–Kier alpha value is -2.41. The van der Waals surface area contributed by atoms with Gasteiger partial charge in [0.25, 0.3) is 10.1 Å². The molecule has 6 rings (SSSR count). The fourth-order valence-electron chi connectivity index (χ4n) is 4.87. The van der Waals surface area contributed by atoms with E-state index in [1.807, 2.05) is 0 Å². The molecule has 4 aromatic rings. The molecule has 0 radical (unpaired) electrons. The van der Waals surface area contributed by atoms with Gasteiger partial charge in [-0.15, -0.1) is 0 Å². The van der Waals surface area contributed by atoms with Gasteiger partial charge in [-0.1, -0.05) is 58.5 Å². The summed E-state index contributed by atoms with van der Waals surface area (Å²) in [6, 6.07) is 9.98. The minimum absolute atomic E-state index is 0.0518. The number of rotatable bonds is 10. The van der Waals surface area contributed by atoms with Crippen LogP contribution in [0.2, 0.25) is 20.1 Å². The van der Waals surface area contributed by atoms with Crippen molar-refractivity contribution in [3.63, 3.8) is 0 Å². The Morgan fingerprint density at radius 2 is 1.33 bits per heavy atom. The van der Waals surface area contributed by atoms with Gasteiger partial charge in [0.15, 0.2) is 0 Å². The van der Waals surface area contributed by atoms with Crippen LogP contribution in [-0.2, 0) is 57.9 Å². The topological polar surface area (TPSA) is 162 Å². The van der Waals surface area contributed by atoms with Crippen molar-refractivity contribution in [3.05, 3.63) is 92.9 Å². The first-order chi connectivity index (χ1) is 22.0. The summed E-state index contributed by atoms with van der Waals surface area (Å²) >= 11 is 24.5. The molecule has 2 aromatic carbocycles. The van der Waals surface area contributed by atoms with Gasteiger partial charge < -0.3 is 24.1 Å². The number of hydrogen-bond donors (Lipinski definition) is 1. The third kappa shape index (κ3) is 8.17. The maximum atomic E-state index is 11.7. The van der Waals surface area contributed by atoms with Crippen molar-refractivity contribution in [2.75, 3.05) is 32.7 Å². The van der Waals surface area contributed by atoms with Crippen molar-refractivity contribution in [1.82, 2.24) is 29.5 Å². The molecule has 0 bridgehead atoms. The van der Waals surface area contributed by atoms with Crippen LogP contribution in [-0.4, -0.2) is 87.9 Å². The molecule has 46 heavy (non-hydrogen) atoms. The highest BCUT2D eigenvalue weighted by molar-refractivity contribution is 7.86. The summed E-state index contributed by atoms with van der Waals surface area (Å²) in [5.41, 5.74) is 1.16. The van der Waals surface area contributed by atoms with Gasteiger partial charge in [-0.25, -0.2) is 19.3 Å². The minimum atomic E-state index is -3.71. The second-order valence-corrected chi connectivity index (χ2v) is 13.6. The van der Waals surface area contributed by atoms with Crippen LogP contribution in [0.3, 0.4) is 0 Å². The lowest BCUT2D eigenvalue weighted by Crippen LogP contribution is -2.35. The summed E-state index contributed by atoms with van der Waals surface area (Å²) in [5.74, 6) is -2.78. The largest absolute Gasteiger partial charge is 0.394 e. The first-order valence-electron chi connectivity index (χ1n) is 13.5. The van der Waals surface area contributed by atoms with Crippen molar-refractivity contribution in [1.29, 1.82) is 0 Å². The monoisotopic (exact) mass is 736 g/mol. The van der Waals surface area contributed by atoms with E-state index in [-0.39, 0.29) is 38.7 Å². The van der Waals surface area contributed by atoms with Gasteiger partial charge in [-0.3, -0.25) is 4.18 Å². The first-order valence-corrected chi connectivity index (χ1v) is 16.6. The van der Waals surface area contributed by atoms with E-state index < -0.39 is 33.9 Å². The number of aromatic nitrogens is 6. The van der Waals surface area contributed by atoms with Crippen molar-refractivity contribution >= 4 is 56.5 Å². The number of halogens is 4. The SMILES string of the molecule is COS(=O)(=O)CC1COC(Cn2cncn2)(c2ccc(Cl)cc2Cl)O1.OC[C@@H]1CO[C@](Cn2cncn2)(c2ccc(Cl)cc2Cl)O1. The Labute approximate surface area is 284 Å². The van der Waals surface area contributed by atoms with E-state index >= 15 is 0 Å². The normalized spacial score (nSPS) is 24.6. The van der Waals surface area contributed by atoms with Crippen LogP contribution in [0.4, 0.5) is 0 Å². The third-order valence-corrected chi connectivity index (χ3v) is 9.31. The predicted octanol–water partition coefficient (Wildman–Crippen LogP) is 3.68. The second kappa shape index (κ2) is 14.8. The van der Waals surface area contributed by atoms with Crippen molar-refractivity contribution in [2.45, 2.75) is 36.9 Å². The molecular weight excluding hydrogens is 710 g/mol. The molecule has 14 nitrogen and oxygen atoms in total. The average Bonchev–Trinajstić information content (AvgIpc) is 3.83. The Bertz CT molecular complexity index is 1720. The molecule has 0 spiro atoms. The van der Waals surface area contributed by atoms with Crippen LogP contribution < -0.4 is 0 Å². The summed E-state index contributed by atoms with van der Waals surface area (Å²) in [4.78, 5) is 7.79. The highest BCUT2D eigenvalue weighted by atomic mass is 35.5. The van der Waals surface area contributed by atoms with Gasteiger partial charge in [0.05, 0.1) is 37.0 Å². The summed E-state index contributed by atoms with van der Waals surface area (Å²) < 4.78 is 54.5. The van der Waals surface area contributed by atoms with E-state index in [2.05, 4.69) is 24.3 Å². The number of aliphatic hydroxyl groups is 1. The molecule has 19 heteroatoms. The maximum Gasteiger partial charge on any atom is 0.269 e. The number of benzene rings is 2. The predicted molar refractivity (Wildman–Crippen MR) is 166 cm³/mol. The summed E-state index contributed by atoms with van der Waals surface area (Å²) in [7, 11) is -2.61. The summed E-state index contributed by atoms with van der Waals surface area (Å²) in [6.07, 6.45) is 4.72. The van der Waals surface area contributed by atoms with Crippen LogP contribution in [0.25, 0.3) is 0 Å². The summed E-state index contributed by atoms with van der Waals surface area (Å²) in [6.45, 7) is 0.591. The zero-order valence-corrected chi connectivity index (χ0v) is 27.9. The quantitative estimate of drug-likeness (QED) is 0.236. The van der Waals surface area contributed by atoms with Crippen LogP contribution in [0.1, 0.15) is 11.1 Å². The summed E-state index contributed by atoms with van der Waals surface area (Å²) in [5, 5.41) is 19.2. The second-order valence-electron chi connectivity index (χ2n) is 10.1. The van der Waals surface area contributed by atoms with Crippen molar-refractivity contribution < 1.29 is 36.7 Å². The number of hydrogen-bond acceptors (Lipinski definition) is 12. The van der Waals surface area contributed by atoms with E-state index in [1.54, 1.807) is 47.4 Å². The number of nitrogens with zero attached hydrogens (tertiary/aromatic N) is 6. The van der Waals surface area contributed by atoms with E-state index in [0.29, 0.717) is 31.2 Å². The zero-order valence-electron chi connectivity index (χ0n) is 24.1. The molecule has 2 aromatic heterocycles. The van der Waals surface area contributed by atoms with Gasteiger partial charge in [0.1, 0.15) is 56.4 Å². The van der Waals surface area contributed by atoms with E-state index in [9.17, 15) is 13.5 Å². The fraction of sp³-hybridized carbons (Fsp3) is 0.407. The Morgan fingerprint density at radius 1 is 0.848 bits per heavy atom. The standard InChI is InChI=1S/C14H15Cl2N3O5S.C13H13Cl2N3O3/c1-22-25(20,21)6-11-5-23-14(24-11,7-19-9-17-8-18-19)12-3-2-10(15)4-13(12)16;14-9-1-2-11(12(15)3-9)13(6-18-8-16-7-17-18)20-5-10(4-19)21-13/h2-4,8-9,11H,5-7H2,1H3;1-3,7-8,10,19H,4-6H2/t;10-,13+/m.1/s1. The molecule has 0 amide bonds. The first kappa shape index (κ1) is 34.9. The average molecular weight is 738 g/mol. The molecule has 248 valence electrons. The smallest absolute Gasteiger partial charge is 0.269 e. The molecule has 2 fully saturated rings. The molecule has 4 atom stereocenters. The number of ether oxygens (including phenoxy) is 4. The lowest BCUT2D eigenvalue weighted by molar-refractivity contribution is -0.191. The zero-order chi connectivity index (χ0) is 33.0. The van der Waals surface area contributed by atoms with Gasteiger partial charge in [0, 0.05) is 21.2 Å². The van der Waals surface area contributed by atoms with E-state index in [1.165, 1.54) is 23.7 Å². The molecule has 4 heterocycles. The molecule has 2 aliphatic heterocycles. The van der Waals surface area contributed by atoms with E-state index in [0.717, 1.165) is 7.11 Å². The van der Waals surface area contributed by atoms with Gasteiger partial charge in [0.2, 0.25) is 11.6 Å². The van der Waals surface area contributed by atoms with Crippen LogP contribution in [0.5, 0.6) is 0 Å². The van der Waals surface area contributed by atoms with E-state index in [4.69, 9.17) is 65.4 Å². The Kier molecular flexibility index (Phi) is 11.2. The number of aliphatic hydroxyl groups excluding tert-OH is 1. The molecule has 2 aliphatic rings. The van der Waals surface area contributed by atoms with Gasteiger partial charge in [-0.2, -0.15) is 18.6 Å². The molecule has 0 saturated carbocycles. The molecule has 2 saturated heterocycles. The lowest BCUT2D eigenvalue weighted by atomic mass is 10.1. The fourth-order valence-corrected chi connectivity index (χ4v) is 6.73. The van der Waals surface area contributed by atoms with Crippen LogP contribution in [0.15, 0.2) is 61.7 Å². The van der Waals surface area contributed by atoms with Gasteiger partial charge in [-0.05, 0) is 24.3 Å². The molecule has 0 aliphatic carbocycles. The van der Waals surface area contributed by atoms with Crippen molar-refractivity contribution in [2.24, 2.45) is 0 Å². The highest BCUT2D eigenvalue weighted by Gasteiger charge is 2.47. The molecule has 1 N–H and O–H groups in total. The Balaban J connectivity index is 0.000000184. The Morgan fingerprint density at radius 3 is 1.72 bits per heavy atom. The third-order valence-electron chi connectivity index (χ3n) is 6.92. The molecule has 2 unspecified atom stereocenters. The minimum Gasteiger partial charge on any atom is -0.394 e. The maximum absolute atomic E-state index is 11.7. The van der Waals surface area contributed by atoms with Crippen LogP contribution >= 0.6 is 46.4 Å². The molecular formula is C27H28Cl4N6O8S. The van der Waals surface area contributed by atoms with Gasteiger partial charge >= 0.3 is 0 Å². The lowest BCUT2D eigenvalue weighted by Gasteiger charge is -2.29. The van der Waals surface area contributed by atoms with Crippen LogP contribution in [0, 0.1) is 0 Å². The highest BCUT2D eigenvalue weighted by Crippen LogP contribution is 2.41. The van der Waals surface area contributed by atoms with Crippen molar-refractivity contribution in [3.8, 4) is 0 Å².